The van der Waals surface area contributed by atoms with Gasteiger partial charge in [-0.05, 0) is 45.3 Å². The molecule has 24 heavy (non-hydrogen) atoms. The van der Waals surface area contributed by atoms with Gasteiger partial charge < -0.3 is 15.4 Å². The van der Waals surface area contributed by atoms with Gasteiger partial charge in [0.2, 0.25) is 0 Å². The van der Waals surface area contributed by atoms with Gasteiger partial charge >= 0.3 is 5.97 Å². The first-order valence-electron chi connectivity index (χ1n) is 9.05. The fourth-order valence-electron chi connectivity index (χ4n) is 2.51. The highest BCUT2D eigenvalue weighted by molar-refractivity contribution is 14.0. The Hall–Kier alpha value is -0.180. The Labute approximate surface area is 168 Å². The van der Waals surface area contributed by atoms with E-state index < -0.39 is 0 Å². The molecule has 2 N–H and O–H groups in total. The van der Waals surface area contributed by atoms with Crippen LogP contribution < -0.4 is 10.6 Å². The van der Waals surface area contributed by atoms with Gasteiger partial charge in [-0.3, -0.25) is 9.79 Å². The Balaban J connectivity index is 0.00000529. The van der Waals surface area contributed by atoms with Crippen LogP contribution in [-0.2, 0) is 9.53 Å². The van der Waals surface area contributed by atoms with Gasteiger partial charge in [-0.2, -0.15) is 11.8 Å². The summed E-state index contributed by atoms with van der Waals surface area (Å²) >= 11 is 2.05. The number of nitrogens with zero attached hydrogens (tertiary/aromatic N) is 1. The minimum Gasteiger partial charge on any atom is -0.466 e. The normalized spacial score (nSPS) is 17.2. The molecule has 1 heterocycles. The number of halogens is 1. The van der Waals surface area contributed by atoms with Crippen molar-refractivity contribution in [3.8, 4) is 0 Å². The number of hydrogen-bond acceptors (Lipinski definition) is 4. The van der Waals surface area contributed by atoms with Crippen LogP contribution in [0.3, 0.4) is 0 Å². The minimum atomic E-state index is -0.0722. The zero-order chi connectivity index (χ0) is 16.8. The summed E-state index contributed by atoms with van der Waals surface area (Å²) in [7, 11) is 0. The van der Waals surface area contributed by atoms with Crippen molar-refractivity contribution < 1.29 is 9.53 Å². The highest BCUT2D eigenvalue weighted by Gasteiger charge is 2.14. The third-order valence-electron chi connectivity index (χ3n) is 3.73. The van der Waals surface area contributed by atoms with E-state index >= 15 is 0 Å². The lowest BCUT2D eigenvalue weighted by atomic mass is 10.1. The Kier molecular flexibility index (Phi) is 16.2. The third-order valence-corrected chi connectivity index (χ3v) is 5.11. The van der Waals surface area contributed by atoms with Gasteiger partial charge in [-0.25, -0.2) is 0 Å². The molecule has 1 rings (SSSR count). The van der Waals surface area contributed by atoms with Crippen LogP contribution in [0.4, 0.5) is 0 Å². The third kappa shape index (κ3) is 12.2. The van der Waals surface area contributed by atoms with Crippen LogP contribution in [0.25, 0.3) is 0 Å². The van der Waals surface area contributed by atoms with E-state index in [0.717, 1.165) is 51.3 Å². The van der Waals surface area contributed by atoms with E-state index in [0.29, 0.717) is 18.3 Å². The Bertz CT molecular complexity index is 351. The lowest BCUT2D eigenvalue weighted by Gasteiger charge is -2.12. The summed E-state index contributed by atoms with van der Waals surface area (Å²) in [4.78, 5) is 15.9. The summed E-state index contributed by atoms with van der Waals surface area (Å²) in [6, 6.07) is 0. The Morgan fingerprint density at radius 1 is 1.21 bits per heavy atom. The fraction of sp³-hybridized carbons (Fsp3) is 0.882. The molecule has 0 radical (unpaired) electrons. The predicted molar refractivity (Wildman–Crippen MR) is 115 cm³/mol. The highest BCUT2D eigenvalue weighted by atomic mass is 127. The molecule has 7 heteroatoms. The number of thioether (sulfide) groups is 1. The summed E-state index contributed by atoms with van der Waals surface area (Å²) in [5.41, 5.74) is 0. The zero-order valence-electron chi connectivity index (χ0n) is 15.1. The maximum Gasteiger partial charge on any atom is 0.305 e. The van der Waals surface area contributed by atoms with Crippen molar-refractivity contribution in [3.05, 3.63) is 0 Å². The van der Waals surface area contributed by atoms with E-state index in [-0.39, 0.29) is 29.9 Å². The number of aliphatic imine (C=N–C) groups is 1. The van der Waals surface area contributed by atoms with Crippen molar-refractivity contribution in [2.24, 2.45) is 4.99 Å². The molecule has 1 aliphatic rings. The van der Waals surface area contributed by atoms with Crippen molar-refractivity contribution in [2.45, 2.75) is 64.0 Å². The van der Waals surface area contributed by atoms with Gasteiger partial charge in [0.05, 0.1) is 13.2 Å². The lowest BCUT2D eigenvalue weighted by Crippen LogP contribution is -2.38. The summed E-state index contributed by atoms with van der Waals surface area (Å²) in [6.07, 6.45) is 7.41. The fourth-order valence-corrected chi connectivity index (χ4v) is 3.69. The molecule has 0 bridgehead atoms. The average molecular weight is 471 g/mol. The van der Waals surface area contributed by atoms with Crippen molar-refractivity contribution in [3.63, 3.8) is 0 Å². The molecule has 1 fully saturated rings. The highest BCUT2D eigenvalue weighted by Crippen LogP contribution is 2.25. The van der Waals surface area contributed by atoms with Crippen LogP contribution in [0.1, 0.15) is 58.8 Å². The van der Waals surface area contributed by atoms with Crippen molar-refractivity contribution in [1.29, 1.82) is 0 Å². The molecule has 0 amide bonds. The number of guanidine groups is 1. The molecule has 1 atom stereocenters. The number of esters is 1. The van der Waals surface area contributed by atoms with Gasteiger partial charge in [0.25, 0.3) is 0 Å². The molecule has 0 aromatic heterocycles. The number of rotatable bonds is 11. The largest absolute Gasteiger partial charge is 0.466 e. The molecule has 5 nitrogen and oxygen atoms in total. The first kappa shape index (κ1) is 23.8. The minimum absolute atomic E-state index is 0. The second-order valence-electron chi connectivity index (χ2n) is 5.75. The van der Waals surface area contributed by atoms with Crippen molar-refractivity contribution in [2.75, 3.05) is 32.0 Å². The number of hydrogen-bond donors (Lipinski definition) is 2. The molecule has 1 unspecified atom stereocenters. The van der Waals surface area contributed by atoms with E-state index in [1.807, 2.05) is 18.7 Å². The van der Waals surface area contributed by atoms with Gasteiger partial charge in [-0.1, -0.05) is 12.8 Å². The van der Waals surface area contributed by atoms with Crippen molar-refractivity contribution in [1.82, 2.24) is 10.6 Å². The molecular weight excluding hydrogens is 437 g/mol. The summed E-state index contributed by atoms with van der Waals surface area (Å²) < 4.78 is 4.92. The topological polar surface area (TPSA) is 62.7 Å². The van der Waals surface area contributed by atoms with E-state index in [4.69, 9.17) is 4.74 Å². The molecule has 0 saturated carbocycles. The second-order valence-corrected chi connectivity index (χ2v) is 7.16. The first-order chi connectivity index (χ1) is 11.3. The van der Waals surface area contributed by atoms with Gasteiger partial charge in [0.1, 0.15) is 0 Å². The second kappa shape index (κ2) is 16.3. The Morgan fingerprint density at radius 3 is 2.67 bits per heavy atom. The van der Waals surface area contributed by atoms with E-state index in [9.17, 15) is 4.79 Å². The first-order valence-corrected chi connectivity index (χ1v) is 10.1. The summed E-state index contributed by atoms with van der Waals surface area (Å²) in [5, 5.41) is 7.41. The maximum absolute atomic E-state index is 11.2. The monoisotopic (exact) mass is 471 g/mol. The van der Waals surface area contributed by atoms with E-state index in [1.54, 1.807) is 0 Å². The standard InChI is InChI=1S/C17H33N3O2S.HI/c1-3-18-17(20-14-15-10-9-13-23-15)19-12-8-6-5-7-11-16(21)22-4-2;/h15H,3-14H2,1-2H3,(H2,18,19,20);1H. The number of carbonyl (C=O) groups is 1. The number of nitrogens with one attached hydrogen (secondary N) is 2. The van der Waals surface area contributed by atoms with Crippen LogP contribution in [0.2, 0.25) is 0 Å². The molecule has 0 aliphatic carbocycles. The van der Waals surface area contributed by atoms with Crippen LogP contribution >= 0.6 is 35.7 Å². The van der Waals surface area contributed by atoms with Crippen LogP contribution in [0.15, 0.2) is 4.99 Å². The average Bonchev–Trinajstić information content (AvgIpc) is 3.05. The SMILES string of the molecule is CCNC(=NCC1CCCS1)NCCCCCCC(=O)OCC.I. The molecule has 0 aromatic rings. The number of ether oxygens (including phenoxy) is 1. The summed E-state index contributed by atoms with van der Waals surface area (Å²) in [5.74, 6) is 2.15. The molecule has 0 aromatic carbocycles. The van der Waals surface area contributed by atoms with Gasteiger partial charge in [0, 0.05) is 24.8 Å². The Morgan fingerprint density at radius 2 is 2.00 bits per heavy atom. The maximum atomic E-state index is 11.2. The van der Waals surface area contributed by atoms with Crippen molar-refractivity contribution >= 4 is 47.7 Å². The molecule has 1 saturated heterocycles. The number of unbranched alkanes of at least 4 members (excludes halogenated alkanes) is 3. The molecule has 0 spiro atoms. The molecular formula is C17H34IN3O2S. The van der Waals surface area contributed by atoms with Crippen LogP contribution in [-0.4, -0.2) is 49.2 Å². The van der Waals surface area contributed by atoms with E-state index in [2.05, 4.69) is 22.5 Å². The quantitative estimate of drug-likeness (QED) is 0.159. The van der Waals surface area contributed by atoms with Gasteiger partial charge in [0.15, 0.2) is 5.96 Å². The molecule has 1 aliphatic heterocycles. The van der Waals surface area contributed by atoms with Gasteiger partial charge in [-0.15, -0.1) is 24.0 Å². The lowest BCUT2D eigenvalue weighted by molar-refractivity contribution is -0.143. The van der Waals surface area contributed by atoms with Crippen LogP contribution in [0, 0.1) is 0 Å². The van der Waals surface area contributed by atoms with E-state index in [1.165, 1.54) is 18.6 Å². The molecule has 142 valence electrons. The number of carbonyl (C=O) groups excluding carboxylic acids is 1. The predicted octanol–water partition coefficient (Wildman–Crippen LogP) is 3.57. The van der Waals surface area contributed by atoms with Crippen LogP contribution in [0.5, 0.6) is 0 Å². The smallest absolute Gasteiger partial charge is 0.305 e. The summed E-state index contributed by atoms with van der Waals surface area (Å²) in [6.45, 7) is 7.16. The zero-order valence-corrected chi connectivity index (χ0v) is 18.3.